The molecule has 1 heterocycles. The number of hydrogen-bond acceptors (Lipinski definition) is 2. The average molecular weight is 294 g/mol. The van der Waals surface area contributed by atoms with Gasteiger partial charge in [0.2, 0.25) is 0 Å². The Balaban J connectivity index is 2.11. The fraction of sp³-hybridized carbons (Fsp3) is 0.529. The summed E-state index contributed by atoms with van der Waals surface area (Å²) >= 11 is 0. The lowest BCUT2D eigenvalue weighted by Gasteiger charge is -2.35. The van der Waals surface area contributed by atoms with Crippen LogP contribution in [0.1, 0.15) is 37.3 Å². The minimum absolute atomic E-state index is 0.0394. The lowest BCUT2D eigenvalue weighted by Crippen LogP contribution is -2.45. The van der Waals surface area contributed by atoms with Crippen molar-refractivity contribution in [3.8, 4) is 0 Å². The Morgan fingerprint density at radius 2 is 2.00 bits per heavy atom. The highest BCUT2D eigenvalue weighted by molar-refractivity contribution is 5.22. The summed E-state index contributed by atoms with van der Waals surface area (Å²) in [5, 5.41) is 3.31. The summed E-state index contributed by atoms with van der Waals surface area (Å²) in [5.41, 5.74) is 0.622. The lowest BCUT2D eigenvalue weighted by atomic mass is 9.97. The van der Waals surface area contributed by atoms with Crippen LogP contribution in [-0.2, 0) is 0 Å². The zero-order valence-corrected chi connectivity index (χ0v) is 12.5. The van der Waals surface area contributed by atoms with Gasteiger partial charge >= 0.3 is 0 Å². The maximum Gasteiger partial charge on any atom is 0.130 e. The Bertz CT molecular complexity index is 456. The number of benzene rings is 1. The van der Waals surface area contributed by atoms with Crippen molar-refractivity contribution in [3.63, 3.8) is 0 Å². The van der Waals surface area contributed by atoms with Crippen LogP contribution in [0.2, 0.25) is 0 Å². The third-order valence-electron chi connectivity index (χ3n) is 4.05. The zero-order chi connectivity index (χ0) is 15.1. The predicted octanol–water partition coefficient (Wildman–Crippen LogP) is 3.66. The molecule has 0 aromatic heterocycles. The van der Waals surface area contributed by atoms with Crippen molar-refractivity contribution in [2.75, 3.05) is 26.2 Å². The molecular formula is C17H24F2N2. The topological polar surface area (TPSA) is 15.3 Å². The first-order valence-electron chi connectivity index (χ1n) is 7.73. The Hall–Kier alpha value is -1.26. The molecule has 0 radical (unpaired) electrons. The van der Waals surface area contributed by atoms with E-state index < -0.39 is 11.6 Å². The van der Waals surface area contributed by atoms with Gasteiger partial charge in [0.1, 0.15) is 11.6 Å². The molecule has 1 aliphatic heterocycles. The van der Waals surface area contributed by atoms with E-state index in [2.05, 4.69) is 16.8 Å². The van der Waals surface area contributed by atoms with Crippen LogP contribution < -0.4 is 5.32 Å². The molecule has 1 aromatic carbocycles. The molecule has 1 saturated heterocycles. The summed E-state index contributed by atoms with van der Waals surface area (Å²) in [5.74, 6) is -0.941. The van der Waals surface area contributed by atoms with Crippen molar-refractivity contribution in [2.24, 2.45) is 0 Å². The number of piperazine rings is 1. The first-order chi connectivity index (χ1) is 10.2. The van der Waals surface area contributed by atoms with Crippen LogP contribution in [-0.4, -0.2) is 31.1 Å². The van der Waals surface area contributed by atoms with Crippen molar-refractivity contribution >= 4 is 0 Å². The smallest absolute Gasteiger partial charge is 0.130 e. The SMILES string of the molecule is C=CCCCC[C@H](c1ccc(F)cc1F)N1CCNCC1. The maximum absolute atomic E-state index is 14.1. The number of nitrogens with one attached hydrogen (secondary N) is 1. The van der Waals surface area contributed by atoms with Gasteiger partial charge in [-0.1, -0.05) is 18.6 Å². The molecular weight excluding hydrogens is 270 g/mol. The summed E-state index contributed by atoms with van der Waals surface area (Å²) in [6.45, 7) is 7.39. The van der Waals surface area contributed by atoms with E-state index in [4.69, 9.17) is 0 Å². The van der Waals surface area contributed by atoms with E-state index in [1.54, 1.807) is 6.07 Å². The second-order valence-electron chi connectivity index (χ2n) is 5.54. The van der Waals surface area contributed by atoms with Gasteiger partial charge in [-0.05, 0) is 25.3 Å². The summed E-state index contributed by atoms with van der Waals surface area (Å²) in [6, 6.07) is 3.99. The van der Waals surface area contributed by atoms with Crippen LogP contribution in [0, 0.1) is 11.6 Å². The monoisotopic (exact) mass is 294 g/mol. The molecule has 1 N–H and O–H groups in total. The third kappa shape index (κ3) is 4.61. The van der Waals surface area contributed by atoms with Crippen LogP contribution in [0.5, 0.6) is 0 Å². The minimum Gasteiger partial charge on any atom is -0.314 e. The molecule has 4 heteroatoms. The Kier molecular flexibility index (Phi) is 6.33. The third-order valence-corrected chi connectivity index (χ3v) is 4.05. The molecule has 2 rings (SSSR count). The number of allylic oxidation sites excluding steroid dienone is 1. The molecule has 0 bridgehead atoms. The molecule has 1 atom stereocenters. The molecule has 0 amide bonds. The predicted molar refractivity (Wildman–Crippen MR) is 82.2 cm³/mol. The van der Waals surface area contributed by atoms with Gasteiger partial charge < -0.3 is 5.32 Å². The number of halogens is 2. The van der Waals surface area contributed by atoms with E-state index >= 15 is 0 Å². The van der Waals surface area contributed by atoms with Gasteiger partial charge in [-0.2, -0.15) is 0 Å². The maximum atomic E-state index is 14.1. The molecule has 0 spiro atoms. The Labute approximate surface area is 125 Å². The molecule has 1 aliphatic rings. The molecule has 1 fully saturated rings. The van der Waals surface area contributed by atoms with E-state index in [9.17, 15) is 8.78 Å². The minimum atomic E-state index is -0.512. The van der Waals surface area contributed by atoms with E-state index in [0.29, 0.717) is 5.56 Å². The van der Waals surface area contributed by atoms with E-state index in [-0.39, 0.29) is 6.04 Å². The summed E-state index contributed by atoms with van der Waals surface area (Å²) in [7, 11) is 0. The summed E-state index contributed by atoms with van der Waals surface area (Å²) < 4.78 is 27.3. The Morgan fingerprint density at radius 3 is 2.67 bits per heavy atom. The largest absolute Gasteiger partial charge is 0.314 e. The van der Waals surface area contributed by atoms with Crippen molar-refractivity contribution in [2.45, 2.75) is 31.7 Å². The van der Waals surface area contributed by atoms with Crippen LogP contribution in [0.3, 0.4) is 0 Å². The van der Waals surface area contributed by atoms with Crippen molar-refractivity contribution in [1.29, 1.82) is 0 Å². The van der Waals surface area contributed by atoms with Gasteiger partial charge in [-0.25, -0.2) is 8.78 Å². The fourth-order valence-electron chi connectivity index (χ4n) is 2.93. The van der Waals surface area contributed by atoms with Gasteiger partial charge in [0.25, 0.3) is 0 Å². The van der Waals surface area contributed by atoms with Gasteiger partial charge in [0, 0.05) is 43.9 Å². The second kappa shape index (κ2) is 8.25. The van der Waals surface area contributed by atoms with Crippen LogP contribution >= 0.6 is 0 Å². The highest BCUT2D eigenvalue weighted by Crippen LogP contribution is 2.29. The zero-order valence-electron chi connectivity index (χ0n) is 12.5. The highest BCUT2D eigenvalue weighted by Gasteiger charge is 2.24. The number of unbranched alkanes of at least 4 members (excludes halogenated alkanes) is 2. The first-order valence-corrected chi connectivity index (χ1v) is 7.73. The van der Waals surface area contributed by atoms with Gasteiger partial charge in [0.05, 0.1) is 0 Å². The first kappa shape index (κ1) is 16.1. The van der Waals surface area contributed by atoms with Crippen LogP contribution in [0.15, 0.2) is 30.9 Å². The lowest BCUT2D eigenvalue weighted by molar-refractivity contribution is 0.159. The van der Waals surface area contributed by atoms with E-state index in [1.807, 2.05) is 6.08 Å². The van der Waals surface area contributed by atoms with Crippen LogP contribution in [0.25, 0.3) is 0 Å². The quantitative estimate of drug-likeness (QED) is 0.610. The van der Waals surface area contributed by atoms with Gasteiger partial charge in [-0.15, -0.1) is 6.58 Å². The molecule has 0 unspecified atom stereocenters. The van der Waals surface area contributed by atoms with Gasteiger partial charge in [0.15, 0.2) is 0 Å². The average Bonchev–Trinajstić information content (AvgIpc) is 2.49. The number of hydrogen-bond donors (Lipinski definition) is 1. The molecule has 116 valence electrons. The normalized spacial score (nSPS) is 17.6. The van der Waals surface area contributed by atoms with Crippen molar-refractivity contribution in [1.82, 2.24) is 10.2 Å². The van der Waals surface area contributed by atoms with Crippen molar-refractivity contribution < 1.29 is 8.78 Å². The summed E-state index contributed by atoms with van der Waals surface area (Å²) in [4.78, 5) is 2.31. The van der Waals surface area contributed by atoms with Crippen molar-refractivity contribution in [3.05, 3.63) is 48.1 Å². The highest BCUT2D eigenvalue weighted by atomic mass is 19.1. The number of nitrogens with zero attached hydrogens (tertiary/aromatic N) is 1. The molecule has 1 aromatic rings. The Morgan fingerprint density at radius 1 is 1.24 bits per heavy atom. The molecule has 2 nitrogen and oxygen atoms in total. The standard InChI is InChI=1S/C17H24F2N2/c1-2-3-4-5-6-17(21-11-9-20-10-12-21)15-8-7-14(18)13-16(15)19/h2,7-8,13,17,20H,1,3-6,9-12H2/t17-/m1/s1. The molecule has 21 heavy (non-hydrogen) atoms. The van der Waals surface area contributed by atoms with E-state index in [0.717, 1.165) is 57.9 Å². The van der Waals surface area contributed by atoms with E-state index in [1.165, 1.54) is 6.07 Å². The fourth-order valence-corrected chi connectivity index (χ4v) is 2.93. The number of rotatable bonds is 7. The molecule has 0 aliphatic carbocycles. The molecule has 0 saturated carbocycles. The summed E-state index contributed by atoms with van der Waals surface area (Å²) in [6.07, 6.45) is 5.89. The van der Waals surface area contributed by atoms with Crippen LogP contribution in [0.4, 0.5) is 8.78 Å². The second-order valence-corrected chi connectivity index (χ2v) is 5.54. The van der Waals surface area contributed by atoms with Gasteiger partial charge in [-0.3, -0.25) is 4.90 Å².